The maximum absolute atomic E-state index is 5.46. The summed E-state index contributed by atoms with van der Waals surface area (Å²) in [7, 11) is 4.27. The van der Waals surface area contributed by atoms with E-state index < -0.39 is 0 Å². The van der Waals surface area contributed by atoms with E-state index in [9.17, 15) is 0 Å². The van der Waals surface area contributed by atoms with Gasteiger partial charge in [0.05, 0.1) is 6.04 Å². The minimum Gasteiger partial charge on any atom is -0.303 e. The second kappa shape index (κ2) is 4.72. The lowest BCUT2D eigenvalue weighted by atomic mass is 10.1. The summed E-state index contributed by atoms with van der Waals surface area (Å²) in [6.45, 7) is 7.03. The summed E-state index contributed by atoms with van der Waals surface area (Å²) in [6, 6.07) is 0.606. The molecule has 4 heteroatoms. The van der Waals surface area contributed by atoms with Crippen LogP contribution in [0, 0.1) is 0 Å². The van der Waals surface area contributed by atoms with Crippen LogP contribution >= 0.6 is 0 Å². The highest BCUT2D eigenvalue weighted by molar-refractivity contribution is 4.97. The third-order valence-corrected chi connectivity index (χ3v) is 2.76. The SMILES string of the molecule is C=CC(NN)C1CN(C)CCN1C. The van der Waals surface area contributed by atoms with Crippen molar-refractivity contribution in [2.24, 2.45) is 5.84 Å². The number of nitrogens with one attached hydrogen (secondary N) is 1. The molecule has 76 valence electrons. The van der Waals surface area contributed by atoms with E-state index in [0.29, 0.717) is 6.04 Å². The van der Waals surface area contributed by atoms with Gasteiger partial charge in [-0.05, 0) is 14.1 Å². The molecule has 1 aliphatic heterocycles. The molecule has 1 fully saturated rings. The van der Waals surface area contributed by atoms with Crippen LogP contribution in [0.25, 0.3) is 0 Å². The summed E-state index contributed by atoms with van der Waals surface area (Å²) in [4.78, 5) is 4.64. The van der Waals surface area contributed by atoms with Crippen LogP contribution in [-0.2, 0) is 0 Å². The first-order chi connectivity index (χ1) is 6.19. The van der Waals surface area contributed by atoms with Gasteiger partial charge < -0.3 is 4.90 Å². The molecule has 0 bridgehead atoms. The molecule has 2 unspecified atom stereocenters. The standard InChI is InChI=1S/C9H20N4/c1-4-8(11-10)9-7-12(2)5-6-13(9)3/h4,8-9,11H,1,5-7,10H2,2-3H3. The van der Waals surface area contributed by atoms with Crippen LogP contribution < -0.4 is 11.3 Å². The van der Waals surface area contributed by atoms with Gasteiger partial charge in [-0.25, -0.2) is 0 Å². The maximum Gasteiger partial charge on any atom is 0.0555 e. The second-order valence-electron chi connectivity index (χ2n) is 3.74. The monoisotopic (exact) mass is 184 g/mol. The lowest BCUT2D eigenvalue weighted by molar-refractivity contribution is 0.0986. The van der Waals surface area contributed by atoms with Crippen molar-refractivity contribution in [2.45, 2.75) is 12.1 Å². The minimum atomic E-state index is 0.174. The Kier molecular flexibility index (Phi) is 3.87. The fourth-order valence-corrected chi connectivity index (χ4v) is 1.77. The normalized spacial score (nSPS) is 28.7. The van der Waals surface area contributed by atoms with E-state index in [1.165, 1.54) is 0 Å². The van der Waals surface area contributed by atoms with Gasteiger partial charge in [0.15, 0.2) is 0 Å². The first-order valence-electron chi connectivity index (χ1n) is 4.66. The Balaban J connectivity index is 2.58. The molecule has 0 radical (unpaired) electrons. The number of hydrazine groups is 1. The third-order valence-electron chi connectivity index (χ3n) is 2.76. The highest BCUT2D eigenvalue weighted by Crippen LogP contribution is 2.09. The van der Waals surface area contributed by atoms with Crippen LogP contribution in [-0.4, -0.2) is 55.6 Å². The van der Waals surface area contributed by atoms with Gasteiger partial charge in [0.25, 0.3) is 0 Å². The summed E-state index contributed by atoms with van der Waals surface area (Å²) >= 11 is 0. The second-order valence-corrected chi connectivity index (χ2v) is 3.74. The Morgan fingerprint density at radius 1 is 1.54 bits per heavy atom. The average Bonchev–Trinajstić information content (AvgIpc) is 2.13. The van der Waals surface area contributed by atoms with Gasteiger partial charge in [0.1, 0.15) is 0 Å². The van der Waals surface area contributed by atoms with Gasteiger partial charge >= 0.3 is 0 Å². The number of likely N-dealkylation sites (N-methyl/N-ethyl adjacent to an activating group) is 2. The third kappa shape index (κ3) is 2.51. The number of hydrogen-bond acceptors (Lipinski definition) is 4. The molecule has 4 nitrogen and oxygen atoms in total. The molecular weight excluding hydrogens is 164 g/mol. The minimum absolute atomic E-state index is 0.174. The molecule has 0 aromatic rings. The molecule has 0 aromatic heterocycles. The van der Waals surface area contributed by atoms with E-state index in [4.69, 9.17) is 5.84 Å². The van der Waals surface area contributed by atoms with E-state index >= 15 is 0 Å². The Morgan fingerprint density at radius 3 is 2.77 bits per heavy atom. The first-order valence-corrected chi connectivity index (χ1v) is 4.66. The van der Waals surface area contributed by atoms with Gasteiger partial charge in [-0.15, -0.1) is 6.58 Å². The molecule has 0 aliphatic carbocycles. The van der Waals surface area contributed by atoms with E-state index in [1.54, 1.807) is 0 Å². The molecule has 0 aromatic carbocycles. The van der Waals surface area contributed by atoms with Gasteiger partial charge in [-0.3, -0.25) is 16.2 Å². The van der Waals surface area contributed by atoms with Crippen molar-refractivity contribution < 1.29 is 0 Å². The number of rotatable bonds is 3. The van der Waals surface area contributed by atoms with Crippen molar-refractivity contribution in [3.05, 3.63) is 12.7 Å². The van der Waals surface area contributed by atoms with E-state index in [0.717, 1.165) is 19.6 Å². The molecule has 1 saturated heterocycles. The number of hydrogen-bond donors (Lipinski definition) is 2. The van der Waals surface area contributed by atoms with Crippen molar-refractivity contribution in [1.82, 2.24) is 15.2 Å². The van der Waals surface area contributed by atoms with Crippen LogP contribution in [0.4, 0.5) is 0 Å². The maximum atomic E-state index is 5.46. The van der Waals surface area contributed by atoms with Crippen LogP contribution in [0.15, 0.2) is 12.7 Å². The smallest absolute Gasteiger partial charge is 0.0555 e. The van der Waals surface area contributed by atoms with Gasteiger partial charge in [0, 0.05) is 25.7 Å². The zero-order valence-corrected chi connectivity index (χ0v) is 8.53. The number of piperazine rings is 1. The molecular formula is C9H20N4. The largest absolute Gasteiger partial charge is 0.303 e. The quantitative estimate of drug-likeness (QED) is 0.344. The van der Waals surface area contributed by atoms with Gasteiger partial charge in [-0.1, -0.05) is 6.08 Å². The molecule has 1 aliphatic rings. The summed E-state index contributed by atoms with van der Waals surface area (Å²) in [6.07, 6.45) is 1.88. The Bertz CT molecular complexity index is 171. The highest BCUT2D eigenvalue weighted by atomic mass is 15.3. The van der Waals surface area contributed by atoms with E-state index in [2.05, 4.69) is 35.9 Å². The lowest BCUT2D eigenvalue weighted by Gasteiger charge is -2.40. The molecule has 0 spiro atoms. The van der Waals surface area contributed by atoms with Gasteiger partial charge in [-0.2, -0.15) is 0 Å². The van der Waals surface area contributed by atoms with Crippen molar-refractivity contribution in [3.8, 4) is 0 Å². The Hall–Kier alpha value is -0.420. The summed E-state index contributed by atoms with van der Waals surface area (Å²) in [5.74, 6) is 5.46. The number of nitrogens with two attached hydrogens (primary N) is 1. The zero-order valence-electron chi connectivity index (χ0n) is 8.53. The molecule has 0 saturated carbocycles. The van der Waals surface area contributed by atoms with Gasteiger partial charge in [0.2, 0.25) is 0 Å². The fourth-order valence-electron chi connectivity index (χ4n) is 1.77. The van der Waals surface area contributed by atoms with Crippen molar-refractivity contribution >= 4 is 0 Å². The predicted molar refractivity (Wildman–Crippen MR) is 55.2 cm³/mol. The zero-order chi connectivity index (χ0) is 9.84. The molecule has 0 amide bonds. The number of nitrogens with zero attached hydrogens (tertiary/aromatic N) is 2. The summed E-state index contributed by atoms with van der Waals surface area (Å²) in [5, 5.41) is 0. The average molecular weight is 184 g/mol. The summed E-state index contributed by atoms with van der Waals surface area (Å²) in [5.41, 5.74) is 2.79. The Labute approximate surface area is 80.3 Å². The van der Waals surface area contributed by atoms with Crippen molar-refractivity contribution in [2.75, 3.05) is 33.7 Å². The van der Waals surface area contributed by atoms with Crippen molar-refractivity contribution in [3.63, 3.8) is 0 Å². The first kappa shape index (κ1) is 10.7. The van der Waals surface area contributed by atoms with Crippen LogP contribution in [0.2, 0.25) is 0 Å². The molecule has 2 atom stereocenters. The van der Waals surface area contributed by atoms with Crippen LogP contribution in [0.3, 0.4) is 0 Å². The molecule has 1 rings (SSSR count). The lowest BCUT2D eigenvalue weighted by Crippen LogP contribution is -2.59. The van der Waals surface area contributed by atoms with Crippen LogP contribution in [0.1, 0.15) is 0 Å². The topological polar surface area (TPSA) is 44.5 Å². The predicted octanol–water partition coefficient (Wildman–Crippen LogP) is -0.750. The fraction of sp³-hybridized carbons (Fsp3) is 0.778. The van der Waals surface area contributed by atoms with Crippen LogP contribution in [0.5, 0.6) is 0 Å². The Morgan fingerprint density at radius 2 is 2.23 bits per heavy atom. The van der Waals surface area contributed by atoms with E-state index in [1.807, 2.05) is 6.08 Å². The van der Waals surface area contributed by atoms with E-state index in [-0.39, 0.29) is 6.04 Å². The highest BCUT2D eigenvalue weighted by Gasteiger charge is 2.27. The summed E-state index contributed by atoms with van der Waals surface area (Å²) < 4.78 is 0. The molecule has 1 heterocycles. The molecule has 3 N–H and O–H groups in total. The van der Waals surface area contributed by atoms with Crippen molar-refractivity contribution in [1.29, 1.82) is 0 Å². The molecule has 13 heavy (non-hydrogen) atoms.